The van der Waals surface area contributed by atoms with Gasteiger partial charge in [0.2, 0.25) is 18.8 Å². The van der Waals surface area contributed by atoms with Gasteiger partial charge in [-0.1, -0.05) is 54.6 Å². The predicted molar refractivity (Wildman–Crippen MR) is 80.3 cm³/mol. The standard InChI is InChI=1S/C15H15O2Si2/c1-19(2,17-18)14-11-7-6-10-13(14)15(16)12-8-4-3-5-9-12/h3-11H,1-2H3. The topological polar surface area (TPSA) is 26.3 Å². The second kappa shape index (κ2) is 5.65. The highest BCUT2D eigenvalue weighted by molar-refractivity contribution is 6.87. The van der Waals surface area contributed by atoms with E-state index in [1.165, 1.54) is 0 Å². The molecule has 2 aromatic carbocycles. The monoisotopic (exact) mass is 283 g/mol. The molecule has 2 aromatic rings. The van der Waals surface area contributed by atoms with Crippen molar-refractivity contribution in [3.05, 3.63) is 65.7 Å². The van der Waals surface area contributed by atoms with Crippen molar-refractivity contribution in [1.29, 1.82) is 0 Å². The molecular weight excluding hydrogens is 268 g/mol. The molecule has 0 atom stereocenters. The maximum Gasteiger partial charge on any atom is 0.230 e. The molecule has 0 unspecified atom stereocenters. The van der Waals surface area contributed by atoms with Crippen LogP contribution in [0.4, 0.5) is 0 Å². The minimum Gasteiger partial charge on any atom is -0.454 e. The summed E-state index contributed by atoms with van der Waals surface area (Å²) in [6, 6.07) is 17.0. The number of carbonyl (C=O) groups is 1. The van der Waals surface area contributed by atoms with Crippen molar-refractivity contribution in [3.63, 3.8) is 0 Å². The Morgan fingerprint density at radius 3 is 2.21 bits per heavy atom. The van der Waals surface area contributed by atoms with Crippen LogP contribution in [0.3, 0.4) is 0 Å². The third-order valence-corrected chi connectivity index (χ3v) is 6.89. The SMILES string of the molecule is C[Si](C)(O[Si])c1ccccc1C(=O)c1ccccc1. The van der Waals surface area contributed by atoms with Gasteiger partial charge in [0.1, 0.15) is 0 Å². The van der Waals surface area contributed by atoms with Gasteiger partial charge in [0.15, 0.2) is 5.78 Å². The summed E-state index contributed by atoms with van der Waals surface area (Å²) >= 11 is 0. The Morgan fingerprint density at radius 2 is 1.58 bits per heavy atom. The lowest BCUT2D eigenvalue weighted by Gasteiger charge is -2.23. The van der Waals surface area contributed by atoms with Crippen LogP contribution in [0.25, 0.3) is 0 Å². The molecule has 0 saturated heterocycles. The Balaban J connectivity index is 2.49. The first-order valence-corrected chi connectivity index (χ1v) is 9.42. The molecule has 19 heavy (non-hydrogen) atoms. The summed E-state index contributed by atoms with van der Waals surface area (Å²) in [5, 5.41) is 0.999. The van der Waals surface area contributed by atoms with E-state index in [2.05, 4.69) is 23.6 Å². The summed E-state index contributed by atoms with van der Waals surface area (Å²) in [6.45, 7) is 4.11. The van der Waals surface area contributed by atoms with Gasteiger partial charge in [0.05, 0.1) is 0 Å². The number of rotatable bonds is 4. The lowest BCUT2D eigenvalue weighted by molar-refractivity contribution is 0.103. The Labute approximate surface area is 118 Å². The fourth-order valence-electron chi connectivity index (χ4n) is 2.01. The van der Waals surface area contributed by atoms with Crippen LogP contribution < -0.4 is 5.19 Å². The largest absolute Gasteiger partial charge is 0.454 e. The second-order valence-corrected chi connectivity index (χ2v) is 9.23. The molecule has 0 saturated carbocycles. The molecule has 0 amide bonds. The highest BCUT2D eigenvalue weighted by Gasteiger charge is 2.28. The van der Waals surface area contributed by atoms with Gasteiger partial charge < -0.3 is 4.12 Å². The summed E-state index contributed by atoms with van der Waals surface area (Å²) in [5.41, 5.74) is 1.43. The molecule has 0 aliphatic heterocycles. The van der Waals surface area contributed by atoms with Crippen LogP contribution in [0, 0.1) is 0 Å². The summed E-state index contributed by atoms with van der Waals surface area (Å²) < 4.78 is 5.44. The zero-order valence-electron chi connectivity index (χ0n) is 11.0. The number of carbonyl (C=O) groups excluding carboxylic acids is 1. The lowest BCUT2D eigenvalue weighted by atomic mass is 10.0. The minimum atomic E-state index is -2.10. The van der Waals surface area contributed by atoms with Crippen molar-refractivity contribution in [3.8, 4) is 0 Å². The van der Waals surface area contributed by atoms with Gasteiger partial charge in [-0.05, 0) is 18.3 Å². The molecule has 0 N–H and O–H groups in total. The normalized spacial score (nSPS) is 11.3. The van der Waals surface area contributed by atoms with Crippen molar-refractivity contribution in [1.82, 2.24) is 0 Å². The van der Waals surface area contributed by atoms with Crippen molar-refractivity contribution >= 4 is 29.8 Å². The van der Waals surface area contributed by atoms with Crippen LogP contribution in [0.15, 0.2) is 54.6 Å². The maximum atomic E-state index is 12.6. The van der Waals surface area contributed by atoms with Crippen LogP contribution in [-0.4, -0.2) is 24.6 Å². The average molecular weight is 283 g/mol. The van der Waals surface area contributed by atoms with E-state index in [-0.39, 0.29) is 5.78 Å². The first-order valence-electron chi connectivity index (χ1n) is 6.10. The van der Waals surface area contributed by atoms with E-state index in [9.17, 15) is 4.79 Å². The van der Waals surface area contributed by atoms with Crippen molar-refractivity contribution < 1.29 is 8.91 Å². The molecule has 2 rings (SSSR count). The Bertz CT molecular complexity index is 580. The fraction of sp³-hybridized carbons (Fsp3) is 0.133. The Morgan fingerprint density at radius 1 is 1.00 bits per heavy atom. The first kappa shape index (κ1) is 13.9. The third-order valence-electron chi connectivity index (χ3n) is 3.11. The second-order valence-electron chi connectivity index (χ2n) is 4.85. The van der Waals surface area contributed by atoms with Crippen LogP contribution in [0.5, 0.6) is 0 Å². The van der Waals surface area contributed by atoms with E-state index in [1.54, 1.807) is 0 Å². The average Bonchev–Trinajstić information content (AvgIpc) is 2.47. The number of hydrogen-bond donors (Lipinski definition) is 0. The van der Waals surface area contributed by atoms with Crippen LogP contribution in [-0.2, 0) is 4.12 Å². The molecule has 4 heteroatoms. The molecule has 2 nitrogen and oxygen atoms in total. The molecule has 0 spiro atoms. The summed E-state index contributed by atoms with van der Waals surface area (Å²) in [6.07, 6.45) is 0. The van der Waals surface area contributed by atoms with Crippen LogP contribution in [0.1, 0.15) is 15.9 Å². The quantitative estimate of drug-likeness (QED) is 0.636. The van der Waals surface area contributed by atoms with Crippen molar-refractivity contribution in [2.24, 2.45) is 0 Å². The molecule has 0 bridgehead atoms. The maximum absolute atomic E-state index is 12.6. The number of ketones is 1. The van der Waals surface area contributed by atoms with Crippen molar-refractivity contribution in [2.45, 2.75) is 13.1 Å². The van der Waals surface area contributed by atoms with Gasteiger partial charge in [-0.2, -0.15) is 0 Å². The van der Waals surface area contributed by atoms with Gasteiger partial charge in [0, 0.05) is 11.1 Å². The summed E-state index contributed by atoms with van der Waals surface area (Å²) in [4.78, 5) is 12.6. The highest BCUT2D eigenvalue weighted by atomic mass is 28.4. The molecule has 0 heterocycles. The van der Waals surface area contributed by atoms with E-state index in [4.69, 9.17) is 4.12 Å². The third kappa shape index (κ3) is 2.92. The lowest BCUT2D eigenvalue weighted by Crippen LogP contribution is -2.46. The zero-order valence-corrected chi connectivity index (χ0v) is 13.0. The van der Waals surface area contributed by atoms with Crippen LogP contribution in [0.2, 0.25) is 13.1 Å². The van der Waals surface area contributed by atoms with Crippen molar-refractivity contribution in [2.75, 3.05) is 0 Å². The van der Waals surface area contributed by atoms with E-state index < -0.39 is 8.32 Å². The van der Waals surface area contributed by atoms with Gasteiger partial charge in [-0.15, -0.1) is 0 Å². The highest BCUT2D eigenvalue weighted by Crippen LogP contribution is 2.13. The zero-order chi connectivity index (χ0) is 13.9. The molecule has 0 aliphatic rings. The fourth-order valence-corrected chi connectivity index (χ4v) is 3.79. The molecule has 0 fully saturated rings. The predicted octanol–water partition coefficient (Wildman–Crippen LogP) is 2.43. The molecule has 0 aliphatic carbocycles. The van der Waals surface area contributed by atoms with E-state index >= 15 is 0 Å². The number of benzene rings is 2. The van der Waals surface area contributed by atoms with Gasteiger partial charge >= 0.3 is 0 Å². The molecular formula is C15H15O2Si2. The van der Waals surface area contributed by atoms with Gasteiger partial charge in [-0.25, -0.2) is 0 Å². The Hall–Kier alpha value is -1.50. The van der Waals surface area contributed by atoms with Gasteiger partial charge in [-0.3, -0.25) is 4.79 Å². The van der Waals surface area contributed by atoms with E-state index in [1.807, 2.05) is 54.6 Å². The Kier molecular flexibility index (Phi) is 4.14. The summed E-state index contributed by atoms with van der Waals surface area (Å²) in [5.74, 6) is 0.0421. The van der Waals surface area contributed by atoms with Gasteiger partial charge in [0.25, 0.3) is 0 Å². The smallest absolute Gasteiger partial charge is 0.230 e. The molecule has 0 aromatic heterocycles. The molecule has 95 valence electrons. The number of hydrogen-bond acceptors (Lipinski definition) is 2. The molecule has 3 radical (unpaired) electrons. The van der Waals surface area contributed by atoms with E-state index in [0.717, 1.165) is 10.8 Å². The van der Waals surface area contributed by atoms with E-state index in [0.29, 0.717) is 5.56 Å². The minimum absolute atomic E-state index is 0.0421. The first-order chi connectivity index (χ1) is 9.06. The summed E-state index contributed by atoms with van der Waals surface area (Å²) in [7, 11) is 1.05. The van der Waals surface area contributed by atoms with Crippen LogP contribution >= 0.6 is 0 Å².